The molecule has 4 aliphatic heterocycles. The molecule has 16 rings (SSSR count). The molecule has 8 heteroatoms. The third-order valence-electron chi connectivity index (χ3n) is 14.8. The second-order valence-electron chi connectivity index (χ2n) is 18.3. The molecule has 314 valence electrons. The fraction of sp³-hybridized carbons (Fsp3) is 0. The van der Waals surface area contributed by atoms with E-state index in [0.717, 1.165) is 56.0 Å². The Kier molecular flexibility index (Phi) is 7.39. The molecule has 0 bridgehead atoms. The Morgan fingerprint density at radius 1 is 0.368 bits per heavy atom. The second-order valence-corrected chi connectivity index (χ2v) is 19.4. The quantitative estimate of drug-likeness (QED) is 0.161. The average molecular weight is 884 g/mol. The molecule has 68 heavy (non-hydrogen) atoms. The lowest BCUT2D eigenvalue weighted by Gasteiger charge is -2.41. The Morgan fingerprint density at radius 3 is 1.54 bits per heavy atom. The lowest BCUT2D eigenvalue weighted by atomic mass is 9.31. The summed E-state index contributed by atoms with van der Waals surface area (Å²) in [5.41, 5.74) is 18.4. The van der Waals surface area contributed by atoms with Gasteiger partial charge in [-0.3, -0.25) is 0 Å². The lowest BCUT2D eigenvalue weighted by Crippen LogP contribution is -2.63. The minimum atomic E-state index is -0.0660. The van der Waals surface area contributed by atoms with Crippen molar-refractivity contribution >= 4 is 119 Å². The van der Waals surface area contributed by atoms with Gasteiger partial charge in [0.25, 0.3) is 6.71 Å². The number of hydrogen-bond acceptors (Lipinski definition) is 4. The molecule has 12 aromatic rings. The normalized spacial score (nSPS) is 13.4. The Morgan fingerprint density at radius 2 is 0.882 bits per heavy atom. The lowest BCUT2D eigenvalue weighted by molar-refractivity contribution is 0.487. The largest absolute Gasteiger partial charge is 0.457 e. The number of ether oxygens (including phenoxy) is 2. The third-order valence-corrected chi connectivity index (χ3v) is 16.0. The highest BCUT2D eigenvalue weighted by Gasteiger charge is 2.46. The van der Waals surface area contributed by atoms with Crippen molar-refractivity contribution in [1.82, 2.24) is 9.13 Å². The smallest absolute Gasteiger partial charge is 0.252 e. The second kappa shape index (κ2) is 13.6. The molecule has 5 nitrogen and oxygen atoms in total. The maximum Gasteiger partial charge on any atom is 0.252 e. The molecule has 4 aliphatic rings. The number of fused-ring (bicyclic) bond motifs is 16. The van der Waals surface area contributed by atoms with E-state index in [9.17, 15) is 0 Å². The molecule has 0 aliphatic carbocycles. The summed E-state index contributed by atoms with van der Waals surface area (Å²) in [7, 11) is 0. The Bertz CT molecular complexity index is 4150. The number of hydrogen-bond donors (Lipinski definition) is 0. The highest BCUT2D eigenvalue weighted by Crippen LogP contribution is 2.49. The van der Waals surface area contributed by atoms with E-state index in [-0.39, 0.29) is 13.4 Å². The van der Waals surface area contributed by atoms with E-state index < -0.39 is 0 Å². The third kappa shape index (κ3) is 4.84. The zero-order chi connectivity index (χ0) is 44.2. The monoisotopic (exact) mass is 883 g/mol. The van der Waals surface area contributed by atoms with Crippen LogP contribution in [0.25, 0.3) is 55.0 Å². The van der Waals surface area contributed by atoms with E-state index in [4.69, 9.17) is 9.47 Å². The van der Waals surface area contributed by atoms with Crippen molar-refractivity contribution in [2.75, 3.05) is 4.90 Å². The van der Waals surface area contributed by atoms with E-state index in [2.05, 4.69) is 178 Å². The molecule has 0 spiro atoms. The molecular formula is C60H35B2N3O2S. The van der Waals surface area contributed by atoms with Crippen LogP contribution in [0.5, 0.6) is 23.0 Å². The van der Waals surface area contributed by atoms with E-state index in [1.54, 1.807) is 0 Å². The summed E-state index contributed by atoms with van der Waals surface area (Å²) < 4.78 is 19.2. The van der Waals surface area contributed by atoms with Crippen LogP contribution in [0, 0.1) is 0 Å². The van der Waals surface area contributed by atoms with Crippen molar-refractivity contribution in [2.45, 2.75) is 9.79 Å². The molecule has 0 saturated carbocycles. The van der Waals surface area contributed by atoms with Gasteiger partial charge in [0.05, 0.1) is 32.8 Å². The van der Waals surface area contributed by atoms with Gasteiger partial charge in [-0.2, -0.15) is 0 Å². The minimum absolute atomic E-state index is 0.00331. The summed E-state index contributed by atoms with van der Waals surface area (Å²) in [5, 5.41) is 4.60. The topological polar surface area (TPSA) is 31.6 Å². The number of rotatable bonds is 5. The maximum absolute atomic E-state index is 7.08. The maximum atomic E-state index is 7.08. The van der Waals surface area contributed by atoms with Crippen LogP contribution < -0.4 is 47.2 Å². The molecule has 0 atom stereocenters. The fourth-order valence-electron chi connectivity index (χ4n) is 12.3. The first-order chi connectivity index (χ1) is 33.8. The van der Waals surface area contributed by atoms with Gasteiger partial charge >= 0.3 is 0 Å². The molecule has 2 aromatic heterocycles. The molecule has 0 unspecified atom stereocenters. The summed E-state index contributed by atoms with van der Waals surface area (Å²) in [6.07, 6.45) is 0. The van der Waals surface area contributed by atoms with Gasteiger partial charge in [0.2, 0.25) is 6.71 Å². The zero-order valence-corrected chi connectivity index (χ0v) is 37.2. The predicted molar refractivity (Wildman–Crippen MR) is 283 cm³/mol. The van der Waals surface area contributed by atoms with E-state index in [0.29, 0.717) is 0 Å². The van der Waals surface area contributed by atoms with Crippen LogP contribution in [-0.4, -0.2) is 22.6 Å². The van der Waals surface area contributed by atoms with Crippen LogP contribution in [-0.2, 0) is 0 Å². The van der Waals surface area contributed by atoms with Crippen LogP contribution in [0.15, 0.2) is 222 Å². The van der Waals surface area contributed by atoms with Crippen molar-refractivity contribution < 1.29 is 9.47 Å². The molecule has 0 N–H and O–H groups in total. The summed E-state index contributed by atoms with van der Waals surface area (Å²) in [6, 6.07) is 76.9. The van der Waals surface area contributed by atoms with Crippen molar-refractivity contribution in [3.05, 3.63) is 212 Å². The van der Waals surface area contributed by atoms with Crippen molar-refractivity contribution in [1.29, 1.82) is 0 Å². The number of benzene rings is 10. The first kappa shape index (κ1) is 36.8. The first-order valence-corrected chi connectivity index (χ1v) is 24.1. The molecule has 0 fully saturated rings. The van der Waals surface area contributed by atoms with Gasteiger partial charge in [-0.25, -0.2) is 0 Å². The van der Waals surface area contributed by atoms with Crippen LogP contribution >= 0.6 is 11.8 Å². The Hall–Kier alpha value is -8.32. The van der Waals surface area contributed by atoms with E-state index in [1.807, 2.05) is 60.3 Å². The van der Waals surface area contributed by atoms with Crippen LogP contribution in [0.3, 0.4) is 0 Å². The molecule has 0 radical (unpaired) electrons. The van der Waals surface area contributed by atoms with Crippen molar-refractivity contribution in [2.24, 2.45) is 0 Å². The summed E-state index contributed by atoms with van der Waals surface area (Å²) >= 11 is 1.86. The Balaban J connectivity index is 1.07. The number of nitrogens with zero attached hydrogens (tertiary/aromatic N) is 3. The molecule has 6 heterocycles. The summed E-state index contributed by atoms with van der Waals surface area (Å²) in [6.45, 7) is -0.0693. The fourth-order valence-corrected chi connectivity index (χ4v) is 13.4. The van der Waals surface area contributed by atoms with Gasteiger partial charge in [0.15, 0.2) is 0 Å². The number of anilines is 3. The standard InChI is InChI=1S/C60H35B2N3O2S/c1-4-18-36(19-5-1)63-47-30-16-12-26-41(47)61-43-32-44-49(33-48(43)64-45-28-14-10-24-39(45)55-51(34-50(63)57(61)59(55)64)66-37-20-6-2-7-21-37)65-46-29-15-11-25-40(46)56-52(67-38-22-8-3-9-23-38)35-54-58(60(56)65)62(44)42-27-13-17-31-53(42)68-54/h1-35H. The van der Waals surface area contributed by atoms with E-state index in [1.165, 1.54) is 81.6 Å². The Labute approximate surface area is 396 Å². The van der Waals surface area contributed by atoms with Gasteiger partial charge in [-0.15, -0.1) is 0 Å². The average Bonchev–Trinajstić information content (AvgIpc) is 3.93. The predicted octanol–water partition coefficient (Wildman–Crippen LogP) is 11.4. The van der Waals surface area contributed by atoms with Gasteiger partial charge in [0.1, 0.15) is 23.0 Å². The van der Waals surface area contributed by atoms with Crippen LogP contribution in [0.4, 0.5) is 17.1 Å². The van der Waals surface area contributed by atoms with Crippen LogP contribution in [0.2, 0.25) is 0 Å². The van der Waals surface area contributed by atoms with Gasteiger partial charge < -0.3 is 23.5 Å². The van der Waals surface area contributed by atoms with Gasteiger partial charge in [-0.05, 0) is 100 Å². The zero-order valence-electron chi connectivity index (χ0n) is 36.4. The number of para-hydroxylation sites is 6. The summed E-state index contributed by atoms with van der Waals surface area (Å²) in [4.78, 5) is 4.97. The summed E-state index contributed by atoms with van der Waals surface area (Å²) in [5.74, 6) is 3.34. The van der Waals surface area contributed by atoms with Crippen molar-refractivity contribution in [3.63, 3.8) is 0 Å². The van der Waals surface area contributed by atoms with E-state index >= 15 is 0 Å². The van der Waals surface area contributed by atoms with Gasteiger partial charge in [0, 0.05) is 55.1 Å². The highest BCUT2D eigenvalue weighted by molar-refractivity contribution is 8.00. The van der Waals surface area contributed by atoms with Crippen LogP contribution in [0.1, 0.15) is 0 Å². The molecule has 0 saturated heterocycles. The molecular weight excluding hydrogens is 848 g/mol. The highest BCUT2D eigenvalue weighted by atomic mass is 32.2. The number of aromatic nitrogens is 2. The minimum Gasteiger partial charge on any atom is -0.457 e. The first-order valence-electron chi connectivity index (χ1n) is 23.3. The molecule has 0 amide bonds. The molecule has 10 aromatic carbocycles. The SMILES string of the molecule is c1ccc(Oc2cc3c4c5c2c2ccccc2n5-c2cc5c(cc2B4c2ccccc2S3)B2c3ccccc3N(c3ccccc3)c3cc(Oc4ccccc4)c4c6ccccc6n-5c4c32)cc1. The van der Waals surface area contributed by atoms with Gasteiger partial charge in [-0.1, -0.05) is 151 Å². The van der Waals surface area contributed by atoms with Crippen molar-refractivity contribution in [3.8, 4) is 34.4 Å².